The van der Waals surface area contributed by atoms with Crippen molar-refractivity contribution in [1.29, 1.82) is 0 Å². The predicted octanol–water partition coefficient (Wildman–Crippen LogP) is 3.87. The molecule has 1 heterocycles. The van der Waals surface area contributed by atoms with Gasteiger partial charge < -0.3 is 5.11 Å². The monoisotopic (exact) mass is 281 g/mol. The van der Waals surface area contributed by atoms with E-state index in [-0.39, 0.29) is 6.04 Å². The summed E-state index contributed by atoms with van der Waals surface area (Å²) in [5, 5.41) is 9.55. The number of carboxylic acid groups (broad SMARTS) is 1. The third-order valence-electron chi connectivity index (χ3n) is 4.26. The Morgan fingerprint density at radius 2 is 1.95 bits per heavy atom. The van der Waals surface area contributed by atoms with E-state index in [1.807, 2.05) is 36.4 Å². The maximum Gasteiger partial charge on any atom is 0.408 e. The van der Waals surface area contributed by atoms with Gasteiger partial charge in [-0.05, 0) is 35.1 Å². The molecule has 2 aromatic rings. The molecule has 0 aliphatic carbocycles. The minimum absolute atomic E-state index is 0.195. The molecular formula is C18H19NO2. The van der Waals surface area contributed by atoms with Crippen LogP contribution < -0.4 is 0 Å². The first-order valence-corrected chi connectivity index (χ1v) is 7.37. The zero-order valence-electron chi connectivity index (χ0n) is 12.1. The Morgan fingerprint density at radius 3 is 2.62 bits per heavy atom. The van der Waals surface area contributed by atoms with Gasteiger partial charge in [-0.1, -0.05) is 55.5 Å². The average Bonchev–Trinajstić information content (AvgIpc) is 2.53. The number of aryl methyl sites for hydroxylation is 1. The van der Waals surface area contributed by atoms with E-state index in [9.17, 15) is 9.90 Å². The molecule has 0 saturated carbocycles. The number of rotatable bonds is 2. The van der Waals surface area contributed by atoms with E-state index >= 15 is 0 Å². The number of carbonyl (C=O) groups is 1. The summed E-state index contributed by atoms with van der Waals surface area (Å²) in [6.45, 7) is 2.70. The standard InChI is InChI=1S/C18H19NO2/c1-2-13-9-6-10-16-15(13)11-12-19(18(20)21)17(16)14-7-4-3-5-8-14/h3-10,17H,2,11-12H2,1H3,(H,20,21). The van der Waals surface area contributed by atoms with Crippen molar-refractivity contribution in [3.63, 3.8) is 0 Å². The van der Waals surface area contributed by atoms with Gasteiger partial charge in [0.15, 0.2) is 0 Å². The maximum absolute atomic E-state index is 11.6. The van der Waals surface area contributed by atoms with Gasteiger partial charge in [0.1, 0.15) is 0 Å². The number of hydrogen-bond acceptors (Lipinski definition) is 1. The number of benzene rings is 2. The third-order valence-corrected chi connectivity index (χ3v) is 4.26. The molecule has 2 aromatic carbocycles. The summed E-state index contributed by atoms with van der Waals surface area (Å²) in [6, 6.07) is 16.0. The Morgan fingerprint density at radius 1 is 1.19 bits per heavy atom. The molecule has 1 aliphatic heterocycles. The van der Waals surface area contributed by atoms with Gasteiger partial charge in [0.2, 0.25) is 0 Å². The van der Waals surface area contributed by atoms with E-state index in [1.54, 1.807) is 4.90 Å². The molecule has 3 nitrogen and oxygen atoms in total. The predicted molar refractivity (Wildman–Crippen MR) is 82.5 cm³/mol. The topological polar surface area (TPSA) is 40.5 Å². The van der Waals surface area contributed by atoms with E-state index in [2.05, 4.69) is 19.1 Å². The van der Waals surface area contributed by atoms with Crippen LogP contribution in [-0.4, -0.2) is 22.6 Å². The first kappa shape index (κ1) is 13.7. The summed E-state index contributed by atoms with van der Waals surface area (Å²) < 4.78 is 0. The fourth-order valence-corrected chi connectivity index (χ4v) is 3.28. The normalized spacial score (nSPS) is 17.4. The minimum atomic E-state index is -0.851. The lowest BCUT2D eigenvalue weighted by molar-refractivity contribution is 0.129. The Kier molecular flexibility index (Phi) is 3.65. The fourth-order valence-electron chi connectivity index (χ4n) is 3.28. The minimum Gasteiger partial charge on any atom is -0.465 e. The Hall–Kier alpha value is -2.29. The van der Waals surface area contributed by atoms with Gasteiger partial charge in [-0.3, -0.25) is 4.90 Å². The first-order valence-electron chi connectivity index (χ1n) is 7.37. The second kappa shape index (κ2) is 5.60. The van der Waals surface area contributed by atoms with Crippen molar-refractivity contribution in [2.75, 3.05) is 6.54 Å². The molecule has 1 aliphatic rings. The molecule has 0 aromatic heterocycles. The van der Waals surface area contributed by atoms with Gasteiger partial charge >= 0.3 is 6.09 Å². The van der Waals surface area contributed by atoms with Crippen molar-refractivity contribution in [1.82, 2.24) is 4.90 Å². The van der Waals surface area contributed by atoms with Gasteiger partial charge in [0, 0.05) is 6.54 Å². The van der Waals surface area contributed by atoms with Crippen molar-refractivity contribution >= 4 is 6.09 Å². The van der Waals surface area contributed by atoms with Crippen LogP contribution in [0.2, 0.25) is 0 Å². The number of hydrogen-bond donors (Lipinski definition) is 1. The van der Waals surface area contributed by atoms with Crippen molar-refractivity contribution in [2.45, 2.75) is 25.8 Å². The summed E-state index contributed by atoms with van der Waals surface area (Å²) in [6.07, 6.45) is 0.934. The van der Waals surface area contributed by atoms with Gasteiger partial charge in [-0.25, -0.2) is 4.79 Å². The zero-order valence-corrected chi connectivity index (χ0v) is 12.1. The Labute approximate surface area is 124 Å². The Balaban J connectivity index is 2.16. The van der Waals surface area contributed by atoms with Gasteiger partial charge in [-0.15, -0.1) is 0 Å². The second-order valence-electron chi connectivity index (χ2n) is 5.38. The summed E-state index contributed by atoms with van der Waals surface area (Å²) in [5.41, 5.74) is 4.83. The summed E-state index contributed by atoms with van der Waals surface area (Å²) in [7, 11) is 0. The lowest BCUT2D eigenvalue weighted by Crippen LogP contribution is -2.40. The van der Waals surface area contributed by atoms with Crippen LogP contribution in [0.25, 0.3) is 0 Å². The number of fused-ring (bicyclic) bond motifs is 1. The SMILES string of the molecule is CCc1cccc2c1CCN(C(=O)O)C2c1ccccc1. The van der Waals surface area contributed by atoms with Crippen molar-refractivity contribution < 1.29 is 9.90 Å². The summed E-state index contributed by atoms with van der Waals surface area (Å²) in [4.78, 5) is 13.2. The van der Waals surface area contributed by atoms with Crippen LogP contribution in [0.4, 0.5) is 4.79 Å². The molecule has 1 unspecified atom stereocenters. The van der Waals surface area contributed by atoms with Crippen LogP contribution in [0.5, 0.6) is 0 Å². The second-order valence-corrected chi connectivity index (χ2v) is 5.38. The highest BCUT2D eigenvalue weighted by atomic mass is 16.4. The average molecular weight is 281 g/mol. The van der Waals surface area contributed by atoms with Crippen LogP contribution in [0, 0.1) is 0 Å². The van der Waals surface area contributed by atoms with Crippen LogP contribution in [0.1, 0.15) is 35.2 Å². The van der Waals surface area contributed by atoms with Gasteiger partial charge in [0.05, 0.1) is 6.04 Å². The molecule has 0 bridgehead atoms. The largest absolute Gasteiger partial charge is 0.465 e. The fraction of sp³-hybridized carbons (Fsp3) is 0.278. The van der Waals surface area contributed by atoms with Crippen molar-refractivity contribution in [3.8, 4) is 0 Å². The molecule has 1 atom stereocenters. The Bertz CT molecular complexity index is 652. The molecule has 0 radical (unpaired) electrons. The van der Waals surface area contributed by atoms with Crippen LogP contribution in [0.3, 0.4) is 0 Å². The van der Waals surface area contributed by atoms with E-state index in [1.165, 1.54) is 11.1 Å². The van der Waals surface area contributed by atoms with Gasteiger partial charge in [0.25, 0.3) is 0 Å². The molecule has 3 rings (SSSR count). The number of amides is 1. The van der Waals surface area contributed by atoms with E-state index in [0.717, 1.165) is 24.0 Å². The van der Waals surface area contributed by atoms with Crippen molar-refractivity contribution in [3.05, 3.63) is 70.8 Å². The lowest BCUT2D eigenvalue weighted by Gasteiger charge is -2.36. The molecular weight excluding hydrogens is 262 g/mol. The molecule has 0 saturated heterocycles. The van der Waals surface area contributed by atoms with Crippen LogP contribution >= 0.6 is 0 Å². The molecule has 0 spiro atoms. The highest BCUT2D eigenvalue weighted by molar-refractivity contribution is 5.68. The highest BCUT2D eigenvalue weighted by Crippen LogP contribution is 2.36. The first-order chi connectivity index (χ1) is 10.2. The molecule has 108 valence electrons. The smallest absolute Gasteiger partial charge is 0.408 e. The quantitative estimate of drug-likeness (QED) is 0.907. The van der Waals surface area contributed by atoms with E-state index < -0.39 is 6.09 Å². The number of nitrogens with zero attached hydrogens (tertiary/aromatic N) is 1. The molecule has 0 fully saturated rings. The van der Waals surface area contributed by atoms with Crippen molar-refractivity contribution in [2.24, 2.45) is 0 Å². The molecule has 1 N–H and O–H groups in total. The maximum atomic E-state index is 11.6. The molecule has 21 heavy (non-hydrogen) atoms. The summed E-state index contributed by atoms with van der Waals surface area (Å²) >= 11 is 0. The third kappa shape index (κ3) is 2.40. The highest BCUT2D eigenvalue weighted by Gasteiger charge is 2.32. The van der Waals surface area contributed by atoms with Crippen LogP contribution in [0.15, 0.2) is 48.5 Å². The van der Waals surface area contributed by atoms with E-state index in [4.69, 9.17) is 0 Å². The van der Waals surface area contributed by atoms with E-state index in [0.29, 0.717) is 6.54 Å². The van der Waals surface area contributed by atoms with Crippen LogP contribution in [-0.2, 0) is 12.8 Å². The zero-order chi connectivity index (χ0) is 14.8. The summed E-state index contributed by atoms with van der Waals surface area (Å²) in [5.74, 6) is 0. The molecule has 3 heteroatoms. The van der Waals surface area contributed by atoms with Gasteiger partial charge in [-0.2, -0.15) is 0 Å². The molecule has 1 amide bonds. The lowest BCUT2D eigenvalue weighted by atomic mass is 9.85.